The molecule has 0 radical (unpaired) electrons. The molecule has 3 atom stereocenters. The number of rotatable bonds is 13. The number of carboxylic acids is 2. The van der Waals surface area contributed by atoms with E-state index in [4.69, 9.17) is 27.4 Å². The molecule has 0 aliphatic carbocycles. The molecule has 2 amide bonds. The maximum atomic E-state index is 12.6. The standard InChI is InChI=1S/C19H28N6O6/c20-12(9-11-5-2-1-3-6-11)16(28)24-13(7-4-8-23-19(21)22)17(29)25-14(18(30)31)10-15(26)27/h1-3,5-6,12-14H,4,7-10,20H2,(H,24,28)(H,25,29)(H,26,27)(H,30,31)(H4,21,22,23)/t12-,13-,14-/m0/s1. The predicted molar refractivity (Wildman–Crippen MR) is 112 cm³/mol. The van der Waals surface area contributed by atoms with E-state index in [2.05, 4.69) is 15.6 Å². The minimum Gasteiger partial charge on any atom is -0.481 e. The summed E-state index contributed by atoms with van der Waals surface area (Å²) >= 11 is 0. The predicted octanol–water partition coefficient (Wildman–Crippen LogP) is -1.86. The van der Waals surface area contributed by atoms with Gasteiger partial charge < -0.3 is 38.0 Å². The molecule has 12 heteroatoms. The minimum atomic E-state index is -1.65. The summed E-state index contributed by atoms with van der Waals surface area (Å²) in [4.78, 5) is 50.9. The number of carbonyl (C=O) groups excluding carboxylic acids is 2. The Balaban J connectivity index is 2.84. The summed E-state index contributed by atoms with van der Waals surface area (Å²) in [7, 11) is 0. The number of carbonyl (C=O) groups is 4. The van der Waals surface area contributed by atoms with Crippen molar-refractivity contribution in [2.24, 2.45) is 22.2 Å². The maximum absolute atomic E-state index is 12.6. The van der Waals surface area contributed by atoms with Crippen LogP contribution >= 0.6 is 0 Å². The lowest BCUT2D eigenvalue weighted by Crippen LogP contribution is -2.55. The minimum absolute atomic E-state index is 0.0752. The summed E-state index contributed by atoms with van der Waals surface area (Å²) in [5, 5.41) is 22.6. The highest BCUT2D eigenvalue weighted by Crippen LogP contribution is 2.05. The van der Waals surface area contributed by atoms with Crippen LogP contribution < -0.4 is 27.8 Å². The Morgan fingerprint density at radius 2 is 1.58 bits per heavy atom. The van der Waals surface area contributed by atoms with Crippen molar-refractivity contribution in [2.75, 3.05) is 6.54 Å². The van der Waals surface area contributed by atoms with E-state index in [0.29, 0.717) is 6.42 Å². The second-order valence-electron chi connectivity index (χ2n) is 6.80. The molecule has 31 heavy (non-hydrogen) atoms. The largest absolute Gasteiger partial charge is 0.481 e. The smallest absolute Gasteiger partial charge is 0.326 e. The van der Waals surface area contributed by atoms with E-state index in [1.54, 1.807) is 24.3 Å². The van der Waals surface area contributed by atoms with Crippen LogP contribution in [-0.4, -0.2) is 64.6 Å². The SMILES string of the molecule is NC(N)=NCCC[C@H](NC(=O)[C@@H](N)Cc1ccccc1)C(=O)N[C@@H](CC(=O)O)C(=O)O. The van der Waals surface area contributed by atoms with E-state index >= 15 is 0 Å². The van der Waals surface area contributed by atoms with E-state index in [-0.39, 0.29) is 25.3 Å². The first-order chi connectivity index (χ1) is 14.6. The summed E-state index contributed by atoms with van der Waals surface area (Å²) in [6.45, 7) is 0.176. The van der Waals surface area contributed by atoms with Gasteiger partial charge >= 0.3 is 11.9 Å². The number of aliphatic carboxylic acids is 2. The fraction of sp³-hybridized carbons (Fsp3) is 0.421. The number of nitrogens with zero attached hydrogens (tertiary/aromatic N) is 1. The Hall–Kier alpha value is -3.67. The van der Waals surface area contributed by atoms with Gasteiger partial charge in [-0.25, -0.2) is 4.79 Å². The summed E-state index contributed by atoms with van der Waals surface area (Å²) in [6, 6.07) is 5.26. The summed E-state index contributed by atoms with van der Waals surface area (Å²) in [5.74, 6) is -4.51. The molecule has 10 N–H and O–H groups in total. The van der Waals surface area contributed by atoms with E-state index in [1.807, 2.05) is 6.07 Å². The van der Waals surface area contributed by atoms with Gasteiger partial charge in [-0.2, -0.15) is 0 Å². The third-order valence-electron chi connectivity index (χ3n) is 4.21. The summed E-state index contributed by atoms with van der Waals surface area (Å²) in [6.07, 6.45) is -0.221. The molecule has 0 bridgehead atoms. The maximum Gasteiger partial charge on any atom is 0.326 e. The molecule has 0 saturated carbocycles. The molecule has 0 unspecified atom stereocenters. The quantitative estimate of drug-likeness (QED) is 0.104. The third kappa shape index (κ3) is 10.1. The van der Waals surface area contributed by atoms with Crippen molar-refractivity contribution < 1.29 is 29.4 Å². The van der Waals surface area contributed by atoms with Crippen LogP contribution in [0.5, 0.6) is 0 Å². The van der Waals surface area contributed by atoms with Crippen molar-refractivity contribution in [1.82, 2.24) is 10.6 Å². The van der Waals surface area contributed by atoms with Crippen LogP contribution in [0.1, 0.15) is 24.8 Å². The van der Waals surface area contributed by atoms with Gasteiger partial charge in [-0.1, -0.05) is 30.3 Å². The van der Waals surface area contributed by atoms with E-state index in [1.165, 1.54) is 0 Å². The Morgan fingerprint density at radius 3 is 2.13 bits per heavy atom. The topological polar surface area (TPSA) is 223 Å². The normalized spacial score (nSPS) is 13.3. The Morgan fingerprint density at radius 1 is 0.968 bits per heavy atom. The molecule has 0 aromatic heterocycles. The van der Waals surface area contributed by atoms with E-state index in [9.17, 15) is 19.2 Å². The Bertz CT molecular complexity index is 796. The molecule has 1 aromatic carbocycles. The molecular weight excluding hydrogens is 408 g/mol. The van der Waals surface area contributed by atoms with Crippen molar-refractivity contribution in [3.8, 4) is 0 Å². The van der Waals surface area contributed by atoms with Gasteiger partial charge in [-0.15, -0.1) is 0 Å². The number of nitrogens with one attached hydrogen (secondary N) is 2. The molecule has 170 valence electrons. The van der Waals surface area contributed by atoms with Crippen LogP contribution in [-0.2, 0) is 25.6 Å². The van der Waals surface area contributed by atoms with Crippen molar-refractivity contribution >= 4 is 29.7 Å². The molecule has 0 aliphatic heterocycles. The van der Waals surface area contributed by atoms with Gasteiger partial charge in [0, 0.05) is 6.54 Å². The van der Waals surface area contributed by atoms with Gasteiger partial charge in [0.2, 0.25) is 11.8 Å². The van der Waals surface area contributed by atoms with Gasteiger partial charge in [0.1, 0.15) is 12.1 Å². The fourth-order valence-corrected chi connectivity index (χ4v) is 2.66. The first kappa shape index (κ1) is 25.4. The van der Waals surface area contributed by atoms with Gasteiger partial charge in [-0.3, -0.25) is 19.4 Å². The fourth-order valence-electron chi connectivity index (χ4n) is 2.66. The first-order valence-electron chi connectivity index (χ1n) is 9.50. The van der Waals surface area contributed by atoms with Crippen LogP contribution in [0.3, 0.4) is 0 Å². The molecule has 0 saturated heterocycles. The molecule has 1 rings (SSSR count). The lowest BCUT2D eigenvalue weighted by molar-refractivity contribution is -0.147. The number of aliphatic imine (C=N–C) groups is 1. The zero-order chi connectivity index (χ0) is 23.4. The van der Waals surface area contributed by atoms with Crippen molar-refractivity contribution in [3.63, 3.8) is 0 Å². The highest BCUT2D eigenvalue weighted by Gasteiger charge is 2.29. The van der Waals surface area contributed by atoms with Crippen molar-refractivity contribution in [3.05, 3.63) is 35.9 Å². The van der Waals surface area contributed by atoms with Crippen molar-refractivity contribution in [2.45, 2.75) is 43.8 Å². The van der Waals surface area contributed by atoms with Crippen molar-refractivity contribution in [1.29, 1.82) is 0 Å². The van der Waals surface area contributed by atoms with Gasteiger partial charge in [0.25, 0.3) is 0 Å². The number of nitrogens with two attached hydrogens (primary N) is 3. The number of hydrogen-bond acceptors (Lipinski definition) is 6. The Kier molecular flexibility index (Phi) is 10.5. The van der Waals surface area contributed by atoms with Crippen LogP contribution in [0.15, 0.2) is 35.3 Å². The van der Waals surface area contributed by atoms with Crippen LogP contribution in [0, 0.1) is 0 Å². The number of carboxylic acid groups (broad SMARTS) is 2. The number of benzene rings is 1. The van der Waals surface area contributed by atoms with Crippen LogP contribution in [0.2, 0.25) is 0 Å². The lowest BCUT2D eigenvalue weighted by atomic mass is 10.0. The molecule has 0 spiro atoms. The van der Waals surface area contributed by atoms with Crippen LogP contribution in [0.4, 0.5) is 0 Å². The number of amides is 2. The van der Waals surface area contributed by atoms with Gasteiger partial charge in [-0.05, 0) is 24.8 Å². The average Bonchev–Trinajstić information content (AvgIpc) is 2.69. The first-order valence-corrected chi connectivity index (χ1v) is 9.50. The van der Waals surface area contributed by atoms with E-state index < -0.39 is 48.3 Å². The molecule has 0 fully saturated rings. The Labute approximate surface area is 178 Å². The molecular formula is C19H28N6O6. The molecule has 1 aromatic rings. The second-order valence-corrected chi connectivity index (χ2v) is 6.80. The van der Waals surface area contributed by atoms with E-state index in [0.717, 1.165) is 5.56 Å². The monoisotopic (exact) mass is 436 g/mol. The zero-order valence-electron chi connectivity index (χ0n) is 16.9. The average molecular weight is 436 g/mol. The zero-order valence-corrected chi connectivity index (χ0v) is 16.9. The molecule has 12 nitrogen and oxygen atoms in total. The molecule has 0 aliphatic rings. The third-order valence-corrected chi connectivity index (χ3v) is 4.21. The highest BCUT2D eigenvalue weighted by atomic mass is 16.4. The molecule has 0 heterocycles. The van der Waals surface area contributed by atoms with Crippen LogP contribution in [0.25, 0.3) is 0 Å². The summed E-state index contributed by atoms with van der Waals surface area (Å²) in [5.41, 5.74) is 17.3. The number of guanidine groups is 1. The highest BCUT2D eigenvalue weighted by molar-refractivity contribution is 5.92. The summed E-state index contributed by atoms with van der Waals surface area (Å²) < 4.78 is 0. The van der Waals surface area contributed by atoms with Gasteiger partial charge in [0.05, 0.1) is 12.5 Å². The van der Waals surface area contributed by atoms with Gasteiger partial charge in [0.15, 0.2) is 5.96 Å². The lowest BCUT2D eigenvalue weighted by Gasteiger charge is -2.22. The number of hydrogen-bond donors (Lipinski definition) is 7. The second kappa shape index (κ2) is 12.8.